The van der Waals surface area contributed by atoms with Crippen molar-refractivity contribution in [1.82, 2.24) is 15.1 Å². The van der Waals surface area contributed by atoms with Crippen molar-refractivity contribution in [1.29, 1.82) is 0 Å². The number of nitrogens with zero attached hydrogens (tertiary/aromatic N) is 3. The van der Waals surface area contributed by atoms with Crippen molar-refractivity contribution in [3.05, 3.63) is 63.5 Å². The lowest BCUT2D eigenvalue weighted by Crippen LogP contribution is -2.40. The van der Waals surface area contributed by atoms with Gasteiger partial charge in [0.15, 0.2) is 5.69 Å². The fraction of sp³-hybridized carbons (Fsp3) is 0.435. The van der Waals surface area contributed by atoms with Crippen LogP contribution in [0.4, 0.5) is 22.0 Å². The van der Waals surface area contributed by atoms with Crippen LogP contribution >= 0.6 is 0 Å². The lowest BCUT2D eigenvalue weighted by Gasteiger charge is -2.24. The SMILES string of the molecule is [B]C1=C([C@H](Cc2cc(F)cc(F)c2)NC(=O)Cn2nc(C(F)(F)F)c3c2CCCC3)N=CCC1. The van der Waals surface area contributed by atoms with Crippen molar-refractivity contribution in [2.45, 2.75) is 63.7 Å². The molecule has 1 atom stereocenters. The van der Waals surface area contributed by atoms with Gasteiger partial charge in [0.1, 0.15) is 26.0 Å². The summed E-state index contributed by atoms with van der Waals surface area (Å²) in [5, 5.41) is 6.44. The molecular formula is C23H22BF5N4O. The number of allylic oxidation sites excluding steroid dienone is 1. The van der Waals surface area contributed by atoms with Crippen LogP contribution in [0.2, 0.25) is 0 Å². The van der Waals surface area contributed by atoms with Gasteiger partial charge in [-0.05, 0) is 62.6 Å². The number of halogens is 5. The molecule has 2 aromatic rings. The van der Waals surface area contributed by atoms with Crippen LogP contribution in [0.25, 0.3) is 0 Å². The van der Waals surface area contributed by atoms with Gasteiger partial charge < -0.3 is 5.32 Å². The summed E-state index contributed by atoms with van der Waals surface area (Å²) in [6, 6.07) is 2.21. The van der Waals surface area contributed by atoms with Gasteiger partial charge in [-0.2, -0.15) is 18.3 Å². The maximum Gasteiger partial charge on any atom is 0.435 e. The smallest absolute Gasteiger partial charge is 0.346 e. The monoisotopic (exact) mass is 476 g/mol. The number of nitrogens with one attached hydrogen (secondary N) is 1. The molecule has 2 radical (unpaired) electrons. The molecule has 0 unspecified atom stereocenters. The first-order valence-electron chi connectivity index (χ1n) is 11.0. The van der Waals surface area contributed by atoms with E-state index in [1.165, 1.54) is 0 Å². The van der Waals surface area contributed by atoms with Crippen LogP contribution in [0.5, 0.6) is 0 Å². The number of benzene rings is 1. The minimum Gasteiger partial charge on any atom is -0.346 e. The van der Waals surface area contributed by atoms with Crippen molar-refractivity contribution in [2.24, 2.45) is 4.99 Å². The Hall–Kier alpha value is -2.98. The average Bonchev–Trinajstić information content (AvgIpc) is 3.12. The van der Waals surface area contributed by atoms with Crippen LogP contribution in [-0.2, 0) is 36.8 Å². The molecule has 0 spiro atoms. The number of amides is 1. The number of aliphatic imine (C=N–C) groups is 1. The fourth-order valence-corrected chi connectivity index (χ4v) is 4.49. The zero-order chi connectivity index (χ0) is 24.5. The molecule has 178 valence electrons. The Morgan fingerprint density at radius 1 is 1.12 bits per heavy atom. The summed E-state index contributed by atoms with van der Waals surface area (Å²) in [5.41, 5.74) is 0.669. The lowest BCUT2D eigenvalue weighted by molar-refractivity contribution is -0.142. The molecule has 0 saturated heterocycles. The minimum atomic E-state index is -4.61. The molecule has 5 nitrogen and oxygen atoms in total. The van der Waals surface area contributed by atoms with E-state index in [2.05, 4.69) is 15.4 Å². The van der Waals surface area contributed by atoms with E-state index in [-0.39, 0.29) is 24.0 Å². The van der Waals surface area contributed by atoms with Crippen LogP contribution in [0.15, 0.2) is 34.4 Å². The molecule has 1 N–H and O–H groups in total. The molecule has 1 amide bonds. The summed E-state index contributed by atoms with van der Waals surface area (Å²) < 4.78 is 68.9. The first-order valence-corrected chi connectivity index (χ1v) is 11.0. The molecule has 11 heteroatoms. The summed E-state index contributed by atoms with van der Waals surface area (Å²) >= 11 is 0. The zero-order valence-electron chi connectivity index (χ0n) is 18.3. The van der Waals surface area contributed by atoms with Crippen LogP contribution in [0, 0.1) is 11.6 Å². The Morgan fingerprint density at radius 2 is 1.82 bits per heavy atom. The van der Waals surface area contributed by atoms with Crippen LogP contribution in [0.1, 0.15) is 48.2 Å². The number of alkyl halides is 3. The number of hydrogen-bond acceptors (Lipinski definition) is 3. The highest BCUT2D eigenvalue weighted by Crippen LogP contribution is 2.35. The maximum atomic E-state index is 13.7. The molecule has 1 aliphatic heterocycles. The van der Waals surface area contributed by atoms with Crippen molar-refractivity contribution in [2.75, 3.05) is 0 Å². The maximum absolute atomic E-state index is 13.7. The molecule has 1 aliphatic carbocycles. The van der Waals surface area contributed by atoms with Gasteiger partial charge in [0.2, 0.25) is 5.91 Å². The Bertz CT molecular complexity index is 1130. The Kier molecular flexibility index (Phi) is 6.90. The van der Waals surface area contributed by atoms with Crippen molar-refractivity contribution >= 4 is 20.0 Å². The molecule has 1 aromatic heterocycles. The van der Waals surface area contributed by atoms with Gasteiger partial charge in [0.05, 0.1) is 11.7 Å². The molecule has 0 fully saturated rings. The second-order valence-corrected chi connectivity index (χ2v) is 8.50. The van der Waals surface area contributed by atoms with E-state index in [0.717, 1.165) is 22.9 Å². The molecule has 34 heavy (non-hydrogen) atoms. The largest absolute Gasteiger partial charge is 0.435 e. The second-order valence-electron chi connectivity index (χ2n) is 8.50. The Balaban J connectivity index is 1.59. The molecule has 2 heterocycles. The van der Waals surface area contributed by atoms with E-state index in [0.29, 0.717) is 49.0 Å². The van der Waals surface area contributed by atoms with Gasteiger partial charge in [-0.25, -0.2) is 8.78 Å². The number of carbonyl (C=O) groups is 1. The molecule has 2 aliphatic rings. The number of rotatable bonds is 6. The highest BCUT2D eigenvalue weighted by Gasteiger charge is 2.39. The molecular weight excluding hydrogens is 454 g/mol. The third kappa shape index (κ3) is 5.39. The van der Waals surface area contributed by atoms with E-state index in [4.69, 9.17) is 7.85 Å². The van der Waals surface area contributed by atoms with Crippen molar-refractivity contribution < 1.29 is 26.7 Å². The number of fused-ring (bicyclic) bond motifs is 1. The first kappa shape index (κ1) is 24.2. The zero-order valence-corrected chi connectivity index (χ0v) is 18.3. The predicted octanol–water partition coefficient (Wildman–Crippen LogP) is 4.03. The van der Waals surface area contributed by atoms with Crippen molar-refractivity contribution in [3.63, 3.8) is 0 Å². The molecule has 4 rings (SSSR count). The van der Waals surface area contributed by atoms with Crippen molar-refractivity contribution in [3.8, 4) is 0 Å². The highest BCUT2D eigenvalue weighted by molar-refractivity contribution is 6.22. The summed E-state index contributed by atoms with van der Waals surface area (Å²) in [6.45, 7) is -0.427. The van der Waals surface area contributed by atoms with Gasteiger partial charge in [0.25, 0.3) is 0 Å². The topological polar surface area (TPSA) is 59.3 Å². The van der Waals surface area contributed by atoms with E-state index in [1.807, 2.05) is 0 Å². The van der Waals surface area contributed by atoms with E-state index < -0.39 is 42.0 Å². The normalized spacial score (nSPS) is 17.0. The summed E-state index contributed by atoms with van der Waals surface area (Å²) in [7, 11) is 6.09. The second kappa shape index (κ2) is 9.72. The van der Waals surface area contributed by atoms with Gasteiger partial charge in [-0.15, -0.1) is 0 Å². The van der Waals surface area contributed by atoms with Gasteiger partial charge in [0, 0.05) is 23.5 Å². The summed E-state index contributed by atoms with van der Waals surface area (Å²) in [6.07, 6.45) is 0.153. The summed E-state index contributed by atoms with van der Waals surface area (Å²) in [5.74, 6) is -2.14. The van der Waals surface area contributed by atoms with Crippen LogP contribution < -0.4 is 5.32 Å². The molecule has 0 bridgehead atoms. The molecule has 0 saturated carbocycles. The van der Waals surface area contributed by atoms with Gasteiger partial charge >= 0.3 is 6.18 Å². The fourth-order valence-electron chi connectivity index (χ4n) is 4.49. The quantitative estimate of drug-likeness (QED) is 0.506. The van der Waals surface area contributed by atoms with E-state index in [9.17, 15) is 26.7 Å². The Labute approximate surface area is 194 Å². The van der Waals surface area contributed by atoms with Gasteiger partial charge in [-0.1, -0.05) is 5.47 Å². The first-order chi connectivity index (χ1) is 16.1. The van der Waals surface area contributed by atoms with Crippen LogP contribution in [-0.4, -0.2) is 35.8 Å². The average molecular weight is 476 g/mol. The number of hydrogen-bond donors (Lipinski definition) is 1. The predicted molar refractivity (Wildman–Crippen MR) is 116 cm³/mol. The highest BCUT2D eigenvalue weighted by atomic mass is 19.4. The number of aromatic nitrogens is 2. The Morgan fingerprint density at radius 3 is 2.50 bits per heavy atom. The lowest BCUT2D eigenvalue weighted by atomic mass is 9.84. The third-order valence-corrected chi connectivity index (χ3v) is 5.95. The summed E-state index contributed by atoms with van der Waals surface area (Å²) in [4.78, 5) is 17.2. The molecule has 1 aromatic carbocycles. The van der Waals surface area contributed by atoms with Gasteiger partial charge in [-0.3, -0.25) is 14.5 Å². The standard InChI is InChI=1S/C23H22BF5N4O/c24-17-5-3-7-30-21(17)18(10-13-8-14(25)11-15(26)9-13)31-20(34)12-33-19-6-2-1-4-16(19)22(32-33)23(27,28)29/h7-9,11,18H,1-6,10,12H2,(H,31,34)/t18-/m0/s1. The number of carbonyl (C=O) groups excluding carboxylic acids is 1. The van der Waals surface area contributed by atoms with E-state index >= 15 is 0 Å². The van der Waals surface area contributed by atoms with Crippen LogP contribution in [0.3, 0.4) is 0 Å². The third-order valence-electron chi connectivity index (χ3n) is 5.95. The van der Waals surface area contributed by atoms with E-state index in [1.54, 1.807) is 6.21 Å². The minimum absolute atomic E-state index is 0.00118.